The zero-order valence-corrected chi connectivity index (χ0v) is 27.1. The third-order valence-corrected chi connectivity index (χ3v) is 7.64. The van der Waals surface area contributed by atoms with Gasteiger partial charge in [0.1, 0.15) is 30.2 Å². The summed E-state index contributed by atoms with van der Waals surface area (Å²) in [4.78, 5) is 67.9. The number of hydrogen-bond acceptors (Lipinski definition) is 9. The van der Waals surface area contributed by atoms with E-state index in [1.165, 1.54) is 36.6 Å². The average Bonchev–Trinajstić information content (AvgIpc) is 3.22. The van der Waals surface area contributed by atoms with Crippen LogP contribution >= 0.6 is 0 Å². The second-order valence-electron chi connectivity index (χ2n) is 12.9. The normalized spacial score (nSPS) is 13.9. The van der Waals surface area contributed by atoms with Crippen LogP contribution in [0.2, 0.25) is 0 Å². The second-order valence-corrected chi connectivity index (χ2v) is 12.9. The van der Waals surface area contributed by atoms with Crippen molar-refractivity contribution in [2.75, 3.05) is 7.05 Å². The van der Waals surface area contributed by atoms with Crippen molar-refractivity contribution < 1.29 is 28.0 Å². The first-order valence-electron chi connectivity index (χ1n) is 15.3. The summed E-state index contributed by atoms with van der Waals surface area (Å²) in [6.07, 6.45) is 3.15. The number of nitrogens with two attached hydrogens (primary N) is 1. The molecule has 0 saturated carbocycles. The number of likely N-dealkylation sites (N-methyl/N-ethyl adjacent to an activating group) is 1. The van der Waals surface area contributed by atoms with Crippen molar-refractivity contribution in [1.29, 1.82) is 0 Å². The molecule has 0 unspecified atom stereocenters. The maximum absolute atomic E-state index is 14.0. The highest BCUT2D eigenvalue weighted by Gasteiger charge is 2.35. The number of aromatic nitrogens is 1. The van der Waals surface area contributed by atoms with E-state index < -0.39 is 52.6 Å². The van der Waals surface area contributed by atoms with Gasteiger partial charge in [-0.1, -0.05) is 44.2 Å². The van der Waals surface area contributed by atoms with E-state index in [4.69, 9.17) is 19.3 Å². The molecular formula is C34H42N4O8. The predicted molar refractivity (Wildman–Crippen MR) is 173 cm³/mol. The van der Waals surface area contributed by atoms with Gasteiger partial charge in [0, 0.05) is 20.0 Å². The molecule has 0 spiro atoms. The molecule has 0 aliphatic rings. The Bertz CT molecular complexity index is 1750. The molecule has 4 rings (SSSR count). The van der Waals surface area contributed by atoms with Crippen molar-refractivity contribution in [2.45, 2.75) is 84.2 Å². The quantitative estimate of drug-likeness (QED) is 0.210. The van der Waals surface area contributed by atoms with E-state index in [-0.39, 0.29) is 36.1 Å². The Morgan fingerprint density at radius 3 is 2.02 bits per heavy atom. The molecular weight excluding hydrogens is 592 g/mol. The van der Waals surface area contributed by atoms with Gasteiger partial charge < -0.3 is 24.2 Å². The van der Waals surface area contributed by atoms with Gasteiger partial charge in [0.15, 0.2) is 11.2 Å². The van der Waals surface area contributed by atoms with Crippen LogP contribution in [-0.4, -0.2) is 58.0 Å². The number of esters is 1. The lowest BCUT2D eigenvalue weighted by molar-refractivity contribution is -0.158. The number of rotatable bonds is 13. The lowest BCUT2D eigenvalue weighted by atomic mass is 9.98. The van der Waals surface area contributed by atoms with Crippen LogP contribution in [0.25, 0.3) is 21.9 Å². The number of carbonyl (C=O) groups is 3. The number of carbonyl (C=O) groups excluding carboxylic acids is 3. The summed E-state index contributed by atoms with van der Waals surface area (Å²) in [6, 6.07) is 9.22. The van der Waals surface area contributed by atoms with Gasteiger partial charge in [0.2, 0.25) is 11.8 Å². The molecule has 12 nitrogen and oxygen atoms in total. The van der Waals surface area contributed by atoms with Crippen molar-refractivity contribution in [2.24, 2.45) is 11.7 Å². The van der Waals surface area contributed by atoms with Crippen LogP contribution in [0.3, 0.4) is 0 Å². The van der Waals surface area contributed by atoms with Gasteiger partial charge in [-0.05, 0) is 57.2 Å². The molecule has 46 heavy (non-hydrogen) atoms. The summed E-state index contributed by atoms with van der Waals surface area (Å²) in [6.45, 7) is 8.89. The maximum atomic E-state index is 14.0. The van der Waals surface area contributed by atoms with Crippen molar-refractivity contribution in [3.8, 4) is 0 Å². The van der Waals surface area contributed by atoms with E-state index >= 15 is 0 Å². The van der Waals surface area contributed by atoms with Gasteiger partial charge in [0.05, 0.1) is 16.8 Å². The van der Waals surface area contributed by atoms with Gasteiger partial charge in [-0.2, -0.15) is 0 Å². The van der Waals surface area contributed by atoms with Crippen LogP contribution in [-0.2, 0) is 32.1 Å². The van der Waals surface area contributed by atoms with Gasteiger partial charge in [-0.3, -0.25) is 33.9 Å². The fraction of sp³-hybridized carbons (Fsp3) is 0.441. The summed E-state index contributed by atoms with van der Waals surface area (Å²) < 4.78 is 17.5. The molecule has 0 saturated heterocycles. The van der Waals surface area contributed by atoms with Crippen molar-refractivity contribution >= 4 is 39.7 Å². The van der Waals surface area contributed by atoms with E-state index in [0.29, 0.717) is 17.6 Å². The number of primary amides is 1. The molecule has 2 aromatic carbocycles. The molecule has 4 aromatic rings. The molecule has 0 fully saturated rings. The van der Waals surface area contributed by atoms with Gasteiger partial charge in [-0.25, -0.2) is 0 Å². The minimum Gasteiger partial charge on any atom is -0.459 e. The minimum atomic E-state index is -1.07. The van der Waals surface area contributed by atoms with Crippen LogP contribution in [0.5, 0.6) is 0 Å². The molecule has 0 bridgehead atoms. The highest BCUT2D eigenvalue weighted by molar-refractivity contribution is 5.93. The Hall–Kier alpha value is -4.71. The number of fused-ring (bicyclic) bond motifs is 2. The number of benzene rings is 2. The second kappa shape index (κ2) is 14.2. The van der Waals surface area contributed by atoms with E-state index in [0.717, 1.165) is 10.1 Å². The van der Waals surface area contributed by atoms with Crippen LogP contribution in [0, 0.1) is 5.92 Å². The average molecular weight is 635 g/mol. The van der Waals surface area contributed by atoms with Gasteiger partial charge >= 0.3 is 5.97 Å². The van der Waals surface area contributed by atoms with E-state index in [1.54, 1.807) is 20.8 Å². The van der Waals surface area contributed by atoms with E-state index in [9.17, 15) is 24.0 Å². The largest absolute Gasteiger partial charge is 0.459 e. The number of amides is 2. The number of nitrogens with zero attached hydrogens (tertiary/aromatic N) is 2. The van der Waals surface area contributed by atoms with Gasteiger partial charge in [0.25, 0.3) is 11.1 Å². The Labute approximate surface area is 266 Å². The molecule has 0 aliphatic heterocycles. The van der Waals surface area contributed by atoms with Gasteiger partial charge in [-0.15, -0.1) is 0 Å². The summed E-state index contributed by atoms with van der Waals surface area (Å²) in [5, 5.41) is 3.47. The highest BCUT2D eigenvalue weighted by Crippen LogP contribution is 2.20. The fourth-order valence-corrected chi connectivity index (χ4v) is 5.41. The van der Waals surface area contributed by atoms with Crippen molar-refractivity contribution in [3.05, 3.63) is 81.3 Å². The highest BCUT2D eigenvalue weighted by atomic mass is 16.6. The summed E-state index contributed by atoms with van der Waals surface area (Å²) >= 11 is 0. The summed E-state index contributed by atoms with van der Waals surface area (Å²) in [7, 11) is 1.51. The standard InChI is InChI=1S/C34H42N4O8/c1-20(2)16-25(32(42)37(6)26(29(35)39)17-21-10-8-7-9-11-21)36-24(33(43)46-34(3,4)5)12-13-38-30(40)22-18-27-28(45-15-14-44-27)19-23(22)31(38)41/h7-11,14-15,18-20,24-26,36H,12-13,16-17H2,1-6H3,(H2,35,39)/t24-,25+,26+/m1/s1. The Morgan fingerprint density at radius 2 is 1.52 bits per heavy atom. The zero-order valence-electron chi connectivity index (χ0n) is 27.1. The summed E-state index contributed by atoms with van der Waals surface area (Å²) in [5.41, 5.74) is 5.27. The van der Waals surface area contributed by atoms with Crippen LogP contribution in [0.15, 0.2) is 73.4 Å². The Morgan fingerprint density at radius 1 is 0.957 bits per heavy atom. The van der Waals surface area contributed by atoms with Crippen molar-refractivity contribution in [1.82, 2.24) is 14.8 Å². The van der Waals surface area contributed by atoms with Crippen LogP contribution < -0.4 is 22.2 Å². The molecule has 0 aliphatic carbocycles. The van der Waals surface area contributed by atoms with Crippen molar-refractivity contribution in [3.63, 3.8) is 0 Å². The maximum Gasteiger partial charge on any atom is 0.323 e. The van der Waals surface area contributed by atoms with E-state index in [2.05, 4.69) is 5.32 Å². The SMILES string of the molecule is CC(C)C[C@H](N[C@H](CCn1c(=O)c2cc3occoc3cc2c1=O)C(=O)OC(C)(C)C)C(=O)N(C)[C@@H](Cc1ccccc1)C(N)=O. The monoisotopic (exact) mass is 634 g/mol. The molecule has 3 N–H and O–H groups in total. The minimum absolute atomic E-state index is 0.0245. The Balaban J connectivity index is 1.63. The first-order chi connectivity index (χ1) is 21.7. The number of hydrogen-bond donors (Lipinski definition) is 2. The predicted octanol–water partition coefficient (Wildman–Crippen LogP) is 3.36. The topological polar surface area (TPSA) is 167 Å². The van der Waals surface area contributed by atoms with E-state index in [1.807, 2.05) is 44.2 Å². The summed E-state index contributed by atoms with van der Waals surface area (Å²) in [5.74, 6) is -1.71. The number of nitrogens with one attached hydrogen (secondary N) is 1. The molecule has 2 heterocycles. The zero-order chi connectivity index (χ0) is 33.8. The number of ether oxygens (including phenoxy) is 1. The smallest absolute Gasteiger partial charge is 0.323 e. The molecule has 3 atom stereocenters. The fourth-order valence-electron chi connectivity index (χ4n) is 5.41. The Kier molecular flexibility index (Phi) is 10.5. The lowest BCUT2D eigenvalue weighted by Crippen LogP contribution is -2.57. The molecule has 12 heteroatoms. The molecule has 2 amide bonds. The lowest BCUT2D eigenvalue weighted by Gasteiger charge is -2.33. The third-order valence-electron chi connectivity index (χ3n) is 7.64. The molecule has 246 valence electrons. The third kappa shape index (κ3) is 8.11. The van der Waals surface area contributed by atoms with Crippen LogP contribution in [0.1, 0.15) is 53.0 Å². The first kappa shape index (κ1) is 34.2. The first-order valence-corrected chi connectivity index (χ1v) is 15.3. The van der Waals surface area contributed by atoms with Crippen LogP contribution in [0.4, 0.5) is 0 Å². The molecule has 0 radical (unpaired) electrons. The molecule has 2 aromatic heterocycles.